The molecular weight excluding hydrogens is 524 g/mol. The van der Waals surface area contributed by atoms with Gasteiger partial charge in [0.05, 0.1) is 37.5 Å². The van der Waals surface area contributed by atoms with Gasteiger partial charge in [-0.25, -0.2) is 9.59 Å². The number of carboxylic acids is 2. The van der Waals surface area contributed by atoms with Crippen molar-refractivity contribution in [3.8, 4) is 0 Å². The second-order valence-corrected chi connectivity index (χ2v) is 8.84. The first-order valence-electron chi connectivity index (χ1n) is 11.2. The first-order chi connectivity index (χ1) is 17.4. The summed E-state index contributed by atoms with van der Waals surface area (Å²) in [6, 6.07) is -2.23. The van der Waals surface area contributed by atoms with Gasteiger partial charge in [-0.05, 0) is 0 Å². The standard InChI is InChI=1S/C11H19NO9.C9H15NO7/c1-4(14)12-7-5(15)2-11(20,10(18)19)21-9(7)8(17)6(16)3-13;1-4(12)10-7-5(13)2-9(16,8(14)15)17-6(7)3-11/h5-9,13,15-17,20H,2-3H2,1H3,(H,12,14)(H,18,19);5-7,11,13,16H,2-3H2,1H3,(H,10,12)(H,14,15)/t5-,6+,7+,8+,9+,11-;5-,6-,7+,9-/m00/s1. The number of aliphatic hydroxyl groups excluding tert-OH is 6. The highest BCUT2D eigenvalue weighted by Crippen LogP contribution is 2.30. The van der Waals surface area contributed by atoms with Crippen molar-refractivity contribution < 1.29 is 79.7 Å². The SMILES string of the molecule is CC(=O)N[C@H]1[C@H](CO)O[C@](O)(C(=O)O)C[C@@H]1O.CC(=O)N[C@H]1[C@H]([C@H](O)[C@H](O)CO)O[C@](O)(C(=O)O)C[C@@H]1O. The van der Waals surface area contributed by atoms with Crippen LogP contribution in [-0.2, 0) is 28.7 Å². The summed E-state index contributed by atoms with van der Waals surface area (Å²) in [6.45, 7) is 0.822. The largest absolute Gasteiger partial charge is 0.477 e. The quantitative estimate of drug-likeness (QED) is 0.132. The Labute approximate surface area is 215 Å². The Hall–Kier alpha value is -2.52. The van der Waals surface area contributed by atoms with Crippen LogP contribution in [-0.4, -0.2) is 148 Å². The smallest absolute Gasteiger partial charge is 0.364 e. The lowest BCUT2D eigenvalue weighted by Gasteiger charge is -2.44. The summed E-state index contributed by atoms with van der Waals surface area (Å²) in [4.78, 5) is 43.7. The molecule has 38 heavy (non-hydrogen) atoms. The summed E-state index contributed by atoms with van der Waals surface area (Å²) < 4.78 is 9.66. The van der Waals surface area contributed by atoms with Crippen molar-refractivity contribution in [3.05, 3.63) is 0 Å². The zero-order chi connectivity index (χ0) is 29.6. The van der Waals surface area contributed by atoms with E-state index in [9.17, 15) is 49.8 Å². The van der Waals surface area contributed by atoms with Crippen LogP contribution in [0.25, 0.3) is 0 Å². The predicted octanol–water partition coefficient (Wildman–Crippen LogP) is -6.47. The number of amides is 2. The second-order valence-electron chi connectivity index (χ2n) is 8.84. The van der Waals surface area contributed by atoms with Gasteiger partial charge in [-0.3, -0.25) is 9.59 Å². The van der Waals surface area contributed by atoms with Crippen LogP contribution in [0.1, 0.15) is 26.7 Å². The first-order valence-corrected chi connectivity index (χ1v) is 11.2. The summed E-state index contributed by atoms with van der Waals surface area (Å²) >= 11 is 0. The molecule has 0 radical (unpaired) electrons. The monoisotopic (exact) mass is 558 g/mol. The third-order valence-corrected chi connectivity index (χ3v) is 5.74. The number of ether oxygens (including phenoxy) is 2. The van der Waals surface area contributed by atoms with Crippen LogP contribution in [0.4, 0.5) is 0 Å². The maximum absolute atomic E-state index is 11.1. The molecule has 18 nitrogen and oxygen atoms in total. The Balaban J connectivity index is 0.000000389. The summed E-state index contributed by atoms with van der Waals surface area (Å²) in [6.07, 6.45) is -10.6. The van der Waals surface area contributed by atoms with Crippen LogP contribution in [0.3, 0.4) is 0 Å². The van der Waals surface area contributed by atoms with Crippen LogP contribution >= 0.6 is 0 Å². The summed E-state index contributed by atoms with van der Waals surface area (Å²) in [5, 5.41) is 98.3. The van der Waals surface area contributed by atoms with Crippen molar-refractivity contribution in [3.63, 3.8) is 0 Å². The Morgan fingerprint density at radius 3 is 1.66 bits per heavy atom. The number of hydrogen-bond donors (Lipinski definition) is 12. The molecule has 0 aromatic carbocycles. The third-order valence-electron chi connectivity index (χ3n) is 5.74. The molecule has 2 saturated heterocycles. The predicted molar refractivity (Wildman–Crippen MR) is 118 cm³/mol. The van der Waals surface area contributed by atoms with Gasteiger partial charge in [0.25, 0.3) is 11.6 Å². The number of aliphatic carboxylic acids is 2. The fraction of sp³-hybridized carbons (Fsp3) is 0.800. The molecule has 2 fully saturated rings. The van der Waals surface area contributed by atoms with E-state index in [1.165, 1.54) is 6.92 Å². The van der Waals surface area contributed by atoms with Gasteiger partial charge in [-0.15, -0.1) is 0 Å². The molecule has 12 N–H and O–H groups in total. The average Bonchev–Trinajstić information content (AvgIpc) is 2.81. The average molecular weight is 558 g/mol. The molecule has 0 saturated carbocycles. The molecule has 0 unspecified atom stereocenters. The topological polar surface area (TPSA) is 313 Å². The maximum atomic E-state index is 11.1. The van der Waals surface area contributed by atoms with Crippen LogP contribution in [0.2, 0.25) is 0 Å². The molecule has 2 aliphatic heterocycles. The summed E-state index contributed by atoms with van der Waals surface area (Å²) in [7, 11) is 0. The lowest BCUT2D eigenvalue weighted by atomic mass is 9.88. The Kier molecular flexibility index (Phi) is 11.9. The van der Waals surface area contributed by atoms with Crippen molar-refractivity contribution in [2.75, 3.05) is 13.2 Å². The number of carbonyl (C=O) groups is 4. The lowest BCUT2D eigenvalue weighted by Crippen LogP contribution is -2.67. The number of rotatable bonds is 8. The fourth-order valence-corrected chi connectivity index (χ4v) is 3.88. The number of hydrogen-bond acceptors (Lipinski definition) is 14. The normalized spacial score (nSPS) is 36.6. The van der Waals surface area contributed by atoms with E-state index in [0.717, 1.165) is 6.92 Å². The fourth-order valence-electron chi connectivity index (χ4n) is 3.88. The molecule has 220 valence electrons. The molecule has 2 heterocycles. The summed E-state index contributed by atoms with van der Waals surface area (Å²) in [5.74, 6) is -9.84. The van der Waals surface area contributed by atoms with Crippen LogP contribution < -0.4 is 10.6 Å². The molecule has 0 aromatic rings. The van der Waals surface area contributed by atoms with E-state index in [2.05, 4.69) is 10.6 Å². The van der Waals surface area contributed by atoms with Gasteiger partial charge >= 0.3 is 11.9 Å². The van der Waals surface area contributed by atoms with E-state index in [4.69, 9.17) is 29.9 Å². The minimum atomic E-state index is -2.78. The van der Waals surface area contributed by atoms with Crippen molar-refractivity contribution >= 4 is 23.8 Å². The minimum Gasteiger partial charge on any atom is -0.477 e. The zero-order valence-electron chi connectivity index (χ0n) is 20.4. The van der Waals surface area contributed by atoms with Crippen LogP contribution in [0.5, 0.6) is 0 Å². The Morgan fingerprint density at radius 2 is 1.26 bits per heavy atom. The van der Waals surface area contributed by atoms with Gasteiger partial charge in [0.2, 0.25) is 11.8 Å². The Bertz CT molecular complexity index is 859. The highest BCUT2D eigenvalue weighted by atomic mass is 16.7. The van der Waals surface area contributed by atoms with E-state index in [0.29, 0.717) is 0 Å². The molecule has 0 spiro atoms. The molecular formula is C20H34N2O16. The van der Waals surface area contributed by atoms with Crippen LogP contribution in [0, 0.1) is 0 Å². The number of nitrogens with one attached hydrogen (secondary N) is 2. The molecule has 18 heteroatoms. The number of carbonyl (C=O) groups excluding carboxylic acids is 2. The van der Waals surface area contributed by atoms with E-state index in [1.807, 2.05) is 0 Å². The molecule has 0 aliphatic carbocycles. The van der Waals surface area contributed by atoms with Gasteiger partial charge in [-0.2, -0.15) is 0 Å². The maximum Gasteiger partial charge on any atom is 0.364 e. The molecule has 2 rings (SSSR count). The molecule has 2 aliphatic rings. The molecule has 2 amide bonds. The lowest BCUT2D eigenvalue weighted by molar-refractivity contribution is -0.295. The van der Waals surface area contributed by atoms with E-state index in [1.54, 1.807) is 0 Å². The highest BCUT2D eigenvalue weighted by Gasteiger charge is 2.54. The van der Waals surface area contributed by atoms with E-state index in [-0.39, 0.29) is 0 Å². The van der Waals surface area contributed by atoms with Crippen molar-refractivity contribution in [1.29, 1.82) is 0 Å². The van der Waals surface area contributed by atoms with Gasteiger partial charge in [0.15, 0.2) is 0 Å². The first kappa shape index (κ1) is 33.5. The van der Waals surface area contributed by atoms with E-state index < -0.39 is 110 Å². The Morgan fingerprint density at radius 1 is 0.842 bits per heavy atom. The highest BCUT2D eigenvalue weighted by molar-refractivity contribution is 5.77. The summed E-state index contributed by atoms with van der Waals surface area (Å²) in [5.41, 5.74) is 0. The number of aliphatic hydroxyl groups is 8. The van der Waals surface area contributed by atoms with E-state index >= 15 is 0 Å². The van der Waals surface area contributed by atoms with Gasteiger partial charge < -0.3 is 71.2 Å². The minimum absolute atomic E-state index is 0.461. The van der Waals surface area contributed by atoms with Crippen molar-refractivity contribution in [1.82, 2.24) is 10.6 Å². The number of carboxylic acid groups (broad SMARTS) is 2. The van der Waals surface area contributed by atoms with Crippen molar-refractivity contribution in [2.24, 2.45) is 0 Å². The molecule has 10 atom stereocenters. The van der Waals surface area contributed by atoms with Gasteiger partial charge in [0, 0.05) is 26.7 Å². The van der Waals surface area contributed by atoms with Gasteiger partial charge in [0.1, 0.15) is 24.4 Å². The molecule has 0 aromatic heterocycles. The zero-order valence-corrected chi connectivity index (χ0v) is 20.4. The van der Waals surface area contributed by atoms with Crippen LogP contribution in [0.15, 0.2) is 0 Å². The van der Waals surface area contributed by atoms with Crippen molar-refractivity contribution in [2.45, 2.75) is 87.0 Å². The van der Waals surface area contributed by atoms with Gasteiger partial charge in [-0.1, -0.05) is 0 Å². The third kappa shape index (κ3) is 8.24. The molecule has 0 bridgehead atoms. The second kappa shape index (κ2) is 13.5.